The first-order chi connectivity index (χ1) is 9.88. The van der Waals surface area contributed by atoms with E-state index < -0.39 is 0 Å². The SMILES string of the molecule is CC1(C)[C@@H]2CC[C@@]1(C)[C@@]1(C2)ON=C(c2ccc(Cl)cc2)S1. The lowest BCUT2D eigenvalue weighted by Gasteiger charge is -2.43. The standard InChI is InChI=1S/C17H20ClNOS/c1-15(2)12-8-9-16(15,3)17(10-12)20-19-14(21-17)11-4-6-13(18)7-5-11/h4-7,12H,8-10H2,1-3H3/t12-,16-,17+/m1/s1. The predicted molar refractivity (Wildman–Crippen MR) is 88.6 cm³/mol. The van der Waals surface area contributed by atoms with Crippen LogP contribution >= 0.6 is 23.4 Å². The Kier molecular flexibility index (Phi) is 2.79. The molecule has 0 saturated heterocycles. The number of halogens is 1. The summed E-state index contributed by atoms with van der Waals surface area (Å²) in [6, 6.07) is 7.88. The fourth-order valence-corrected chi connectivity index (χ4v) is 6.21. The molecule has 3 atom stereocenters. The van der Waals surface area contributed by atoms with E-state index in [-0.39, 0.29) is 10.3 Å². The molecule has 4 heteroatoms. The Bertz CT molecular complexity index is 626. The normalized spacial score (nSPS) is 39.6. The first-order valence-corrected chi connectivity index (χ1v) is 8.79. The summed E-state index contributed by atoms with van der Waals surface area (Å²) in [7, 11) is 0. The fraction of sp³-hybridized carbons (Fsp3) is 0.588. The second kappa shape index (κ2) is 4.20. The number of fused-ring (bicyclic) bond motifs is 3. The third-order valence-corrected chi connectivity index (χ3v) is 8.20. The van der Waals surface area contributed by atoms with Gasteiger partial charge in [0.05, 0.1) is 0 Å². The Hall–Kier alpha value is -0.670. The zero-order valence-electron chi connectivity index (χ0n) is 12.6. The van der Waals surface area contributed by atoms with Crippen molar-refractivity contribution >= 4 is 28.4 Å². The number of rotatable bonds is 1. The van der Waals surface area contributed by atoms with Crippen molar-refractivity contribution in [3.8, 4) is 0 Å². The Morgan fingerprint density at radius 1 is 1.24 bits per heavy atom. The average molecular weight is 322 g/mol. The first kappa shape index (κ1) is 14.0. The summed E-state index contributed by atoms with van der Waals surface area (Å²) < 4.78 is 0. The van der Waals surface area contributed by atoms with Crippen molar-refractivity contribution in [2.75, 3.05) is 0 Å². The molecule has 2 bridgehead atoms. The van der Waals surface area contributed by atoms with Crippen LogP contribution in [0.3, 0.4) is 0 Å². The van der Waals surface area contributed by atoms with E-state index in [0.29, 0.717) is 5.41 Å². The quantitative estimate of drug-likeness (QED) is 0.699. The zero-order valence-corrected chi connectivity index (χ0v) is 14.2. The van der Waals surface area contributed by atoms with Crippen LogP contribution in [0, 0.1) is 16.7 Å². The minimum atomic E-state index is -0.172. The zero-order chi connectivity index (χ0) is 14.9. The maximum Gasteiger partial charge on any atom is 0.194 e. The fourth-order valence-electron chi connectivity index (χ4n) is 4.49. The molecule has 2 aliphatic carbocycles. The van der Waals surface area contributed by atoms with E-state index in [1.165, 1.54) is 12.8 Å². The Labute approximate surface area is 135 Å². The summed E-state index contributed by atoms with van der Waals surface area (Å²) >= 11 is 7.80. The minimum Gasteiger partial charge on any atom is -0.376 e. The number of hydrogen-bond acceptors (Lipinski definition) is 3. The van der Waals surface area contributed by atoms with Gasteiger partial charge in [-0.25, -0.2) is 0 Å². The Balaban J connectivity index is 1.65. The van der Waals surface area contributed by atoms with Gasteiger partial charge in [-0.2, -0.15) is 0 Å². The van der Waals surface area contributed by atoms with E-state index in [9.17, 15) is 0 Å². The monoisotopic (exact) mass is 321 g/mol. The molecule has 2 saturated carbocycles. The number of thioether (sulfide) groups is 1. The van der Waals surface area contributed by atoms with Crippen LogP contribution in [-0.4, -0.2) is 9.98 Å². The molecule has 1 aromatic rings. The highest BCUT2D eigenvalue weighted by Gasteiger charge is 2.72. The van der Waals surface area contributed by atoms with Crippen LogP contribution in [0.5, 0.6) is 0 Å². The van der Waals surface area contributed by atoms with Crippen LogP contribution in [0.1, 0.15) is 45.6 Å². The van der Waals surface area contributed by atoms with Gasteiger partial charge in [-0.1, -0.05) is 61.4 Å². The largest absolute Gasteiger partial charge is 0.376 e. The maximum atomic E-state index is 6.09. The average Bonchev–Trinajstić information content (AvgIpc) is 3.01. The molecule has 0 unspecified atom stereocenters. The van der Waals surface area contributed by atoms with Gasteiger partial charge in [-0.15, -0.1) is 0 Å². The second-order valence-electron chi connectivity index (χ2n) is 7.34. The number of benzene rings is 1. The molecule has 1 heterocycles. The predicted octanol–water partition coefficient (Wildman–Crippen LogP) is 5.31. The molecule has 1 aliphatic heterocycles. The van der Waals surface area contributed by atoms with Gasteiger partial charge in [0.1, 0.15) is 5.04 Å². The third kappa shape index (κ3) is 1.65. The molecule has 112 valence electrons. The number of hydrogen-bond donors (Lipinski definition) is 0. The van der Waals surface area contributed by atoms with Crippen LogP contribution in [-0.2, 0) is 4.84 Å². The van der Waals surface area contributed by atoms with Gasteiger partial charge in [-0.05, 0) is 36.3 Å². The minimum absolute atomic E-state index is 0.172. The molecule has 2 fully saturated rings. The summed E-state index contributed by atoms with van der Waals surface area (Å²) in [5, 5.41) is 6.19. The van der Waals surface area contributed by atoms with E-state index in [2.05, 4.69) is 25.9 Å². The van der Waals surface area contributed by atoms with E-state index >= 15 is 0 Å². The van der Waals surface area contributed by atoms with Gasteiger partial charge in [0.15, 0.2) is 4.93 Å². The van der Waals surface area contributed by atoms with E-state index in [1.54, 1.807) is 0 Å². The highest BCUT2D eigenvalue weighted by molar-refractivity contribution is 8.15. The van der Waals surface area contributed by atoms with Crippen LogP contribution < -0.4 is 0 Å². The topological polar surface area (TPSA) is 21.6 Å². The maximum absolute atomic E-state index is 6.09. The van der Waals surface area contributed by atoms with Gasteiger partial charge in [0, 0.05) is 22.4 Å². The lowest BCUT2D eigenvalue weighted by molar-refractivity contribution is -0.0659. The van der Waals surface area contributed by atoms with Crippen molar-refractivity contribution < 1.29 is 4.84 Å². The highest BCUT2D eigenvalue weighted by atomic mass is 35.5. The molecule has 0 amide bonds. The molecule has 1 aromatic carbocycles. The Morgan fingerprint density at radius 3 is 2.52 bits per heavy atom. The summed E-state index contributed by atoms with van der Waals surface area (Å²) in [6.07, 6.45) is 3.67. The van der Waals surface area contributed by atoms with Gasteiger partial charge >= 0.3 is 0 Å². The van der Waals surface area contributed by atoms with Crippen LogP contribution in [0.2, 0.25) is 5.02 Å². The molecular formula is C17H20ClNOS. The van der Waals surface area contributed by atoms with E-state index in [4.69, 9.17) is 16.4 Å². The van der Waals surface area contributed by atoms with Crippen molar-refractivity contribution in [3.63, 3.8) is 0 Å². The van der Waals surface area contributed by atoms with Gasteiger partial charge in [-0.3, -0.25) is 0 Å². The molecule has 0 radical (unpaired) electrons. The van der Waals surface area contributed by atoms with Gasteiger partial charge < -0.3 is 4.84 Å². The molecule has 21 heavy (non-hydrogen) atoms. The van der Waals surface area contributed by atoms with Crippen molar-refractivity contribution in [1.29, 1.82) is 0 Å². The molecule has 1 spiro atoms. The highest BCUT2D eigenvalue weighted by Crippen LogP contribution is 2.74. The third-order valence-electron chi connectivity index (χ3n) is 6.42. The number of nitrogens with zero attached hydrogens (tertiary/aromatic N) is 1. The molecule has 2 nitrogen and oxygen atoms in total. The molecule has 0 N–H and O–H groups in total. The van der Waals surface area contributed by atoms with E-state index in [1.807, 2.05) is 36.0 Å². The Morgan fingerprint density at radius 2 is 1.95 bits per heavy atom. The van der Waals surface area contributed by atoms with Crippen molar-refractivity contribution in [3.05, 3.63) is 34.9 Å². The molecule has 0 aromatic heterocycles. The van der Waals surface area contributed by atoms with E-state index in [0.717, 1.165) is 28.0 Å². The van der Waals surface area contributed by atoms with Crippen molar-refractivity contribution in [2.45, 2.75) is 45.0 Å². The van der Waals surface area contributed by atoms with Gasteiger partial charge in [0.2, 0.25) is 0 Å². The molecule has 3 aliphatic rings. The van der Waals surface area contributed by atoms with Crippen molar-refractivity contribution in [2.24, 2.45) is 21.9 Å². The van der Waals surface area contributed by atoms with Crippen LogP contribution in [0.25, 0.3) is 0 Å². The van der Waals surface area contributed by atoms with Gasteiger partial charge in [0.25, 0.3) is 0 Å². The first-order valence-electron chi connectivity index (χ1n) is 7.59. The molecule has 4 rings (SSSR count). The summed E-state index contributed by atoms with van der Waals surface area (Å²) in [5.74, 6) is 0.745. The van der Waals surface area contributed by atoms with Crippen LogP contribution in [0.15, 0.2) is 29.4 Å². The lowest BCUT2D eigenvalue weighted by Crippen LogP contribution is -2.44. The smallest absolute Gasteiger partial charge is 0.194 e. The summed E-state index contributed by atoms with van der Waals surface area (Å²) in [4.78, 5) is 5.92. The van der Waals surface area contributed by atoms with Crippen LogP contribution in [0.4, 0.5) is 0 Å². The summed E-state index contributed by atoms with van der Waals surface area (Å²) in [6.45, 7) is 7.21. The molecular weight excluding hydrogens is 302 g/mol. The number of oxime groups is 1. The van der Waals surface area contributed by atoms with Crippen molar-refractivity contribution in [1.82, 2.24) is 0 Å². The summed E-state index contributed by atoms with van der Waals surface area (Å²) in [5.41, 5.74) is 1.61. The second-order valence-corrected chi connectivity index (χ2v) is 9.03. The lowest BCUT2D eigenvalue weighted by atomic mass is 9.69.